The van der Waals surface area contributed by atoms with Gasteiger partial charge < -0.3 is 5.73 Å². The molecule has 120 valence electrons. The summed E-state index contributed by atoms with van der Waals surface area (Å²) in [5.41, 5.74) is 8.48. The molecule has 2 aromatic heterocycles. The van der Waals surface area contributed by atoms with E-state index in [0.29, 0.717) is 42.3 Å². The van der Waals surface area contributed by atoms with Gasteiger partial charge >= 0.3 is 0 Å². The Hall–Kier alpha value is -2.93. The second-order valence-electron chi connectivity index (χ2n) is 5.45. The van der Waals surface area contributed by atoms with Gasteiger partial charge in [-0.25, -0.2) is 4.39 Å². The molecule has 0 saturated carbocycles. The lowest BCUT2D eigenvalue weighted by Crippen LogP contribution is -2.13. The summed E-state index contributed by atoms with van der Waals surface area (Å²) in [4.78, 5) is 8.98. The summed E-state index contributed by atoms with van der Waals surface area (Å²) in [6, 6.07) is 10.2. The minimum Gasteiger partial charge on any atom is -0.330 e. The minimum atomic E-state index is -0.325. The first-order valence-corrected chi connectivity index (χ1v) is 7.67. The molecule has 0 aliphatic carbocycles. The lowest BCUT2D eigenvalue weighted by atomic mass is 10.0. The number of nitrogens with two attached hydrogens (primary N) is 1. The number of rotatable bonds is 3. The molecule has 1 aliphatic rings. The van der Waals surface area contributed by atoms with Crippen LogP contribution in [0.2, 0.25) is 0 Å². The minimum absolute atomic E-state index is 0.325. The van der Waals surface area contributed by atoms with Crippen LogP contribution in [0.5, 0.6) is 0 Å². The predicted molar refractivity (Wildman–Crippen MR) is 87.7 cm³/mol. The summed E-state index contributed by atoms with van der Waals surface area (Å²) >= 11 is 0. The number of nitrogens with zero attached hydrogens (tertiary/aromatic N) is 5. The van der Waals surface area contributed by atoms with Crippen LogP contribution < -0.4 is 5.73 Å². The molecule has 7 heteroatoms. The van der Waals surface area contributed by atoms with E-state index in [0.717, 1.165) is 11.5 Å². The summed E-state index contributed by atoms with van der Waals surface area (Å²) in [6.45, 7) is 0.808. The van der Waals surface area contributed by atoms with Crippen molar-refractivity contribution in [1.29, 1.82) is 0 Å². The monoisotopic (exact) mass is 322 g/mol. The summed E-state index contributed by atoms with van der Waals surface area (Å²) in [5.74, 6) is 1.13. The predicted octanol–water partition coefficient (Wildman–Crippen LogP) is 1.65. The molecule has 0 amide bonds. The number of pyridine rings is 1. The molecule has 0 bridgehead atoms. The van der Waals surface area contributed by atoms with Gasteiger partial charge in [-0.2, -0.15) is 0 Å². The van der Waals surface area contributed by atoms with Gasteiger partial charge in [0.2, 0.25) is 0 Å². The summed E-state index contributed by atoms with van der Waals surface area (Å²) < 4.78 is 15.8. The molecule has 0 fully saturated rings. The normalized spacial score (nSPS) is 13.0. The van der Waals surface area contributed by atoms with Crippen molar-refractivity contribution in [3.8, 4) is 5.69 Å². The third-order valence-corrected chi connectivity index (χ3v) is 3.91. The summed E-state index contributed by atoms with van der Waals surface area (Å²) in [5, 5.41) is 8.42. The van der Waals surface area contributed by atoms with E-state index >= 15 is 0 Å². The molecule has 0 spiro atoms. The van der Waals surface area contributed by atoms with Gasteiger partial charge in [0.1, 0.15) is 18.2 Å². The largest absolute Gasteiger partial charge is 0.330 e. The fourth-order valence-corrected chi connectivity index (χ4v) is 2.87. The molecule has 2 N–H and O–H groups in total. The van der Waals surface area contributed by atoms with Gasteiger partial charge in [0.05, 0.1) is 17.1 Å². The summed E-state index contributed by atoms with van der Waals surface area (Å²) in [6.07, 6.45) is 2.28. The van der Waals surface area contributed by atoms with E-state index in [4.69, 9.17) is 5.73 Å². The Morgan fingerprint density at radius 3 is 2.88 bits per heavy atom. The first kappa shape index (κ1) is 14.6. The van der Waals surface area contributed by atoms with Gasteiger partial charge in [-0.1, -0.05) is 6.07 Å². The highest BCUT2D eigenvalue weighted by Gasteiger charge is 2.23. The number of hydrogen-bond acceptors (Lipinski definition) is 5. The Balaban J connectivity index is 1.96. The van der Waals surface area contributed by atoms with Crippen molar-refractivity contribution >= 4 is 5.71 Å². The quantitative estimate of drug-likeness (QED) is 0.795. The molecule has 24 heavy (non-hydrogen) atoms. The zero-order valence-electron chi connectivity index (χ0n) is 12.9. The summed E-state index contributed by atoms with van der Waals surface area (Å²) in [7, 11) is 0. The lowest BCUT2D eigenvalue weighted by molar-refractivity contribution is 0.627. The second-order valence-corrected chi connectivity index (χ2v) is 5.45. The fraction of sp³-hybridized carbons (Fsp3) is 0.176. The van der Waals surface area contributed by atoms with Crippen molar-refractivity contribution in [3.63, 3.8) is 0 Å². The van der Waals surface area contributed by atoms with Crippen molar-refractivity contribution in [2.75, 3.05) is 6.54 Å². The topological polar surface area (TPSA) is 82.0 Å². The SMILES string of the molecule is NCCc1nnc2n1-c1ccc(F)cc1C(c1ccccn1)=NC2. The van der Waals surface area contributed by atoms with Crippen LogP contribution in [0.1, 0.15) is 22.9 Å². The molecule has 0 saturated heterocycles. The van der Waals surface area contributed by atoms with Crippen molar-refractivity contribution < 1.29 is 4.39 Å². The van der Waals surface area contributed by atoms with E-state index in [9.17, 15) is 4.39 Å². The lowest BCUT2D eigenvalue weighted by Gasteiger charge is -2.13. The number of hydrogen-bond donors (Lipinski definition) is 1. The third-order valence-electron chi connectivity index (χ3n) is 3.91. The maximum Gasteiger partial charge on any atom is 0.159 e. The van der Waals surface area contributed by atoms with Gasteiger partial charge in [0.15, 0.2) is 5.82 Å². The van der Waals surface area contributed by atoms with Gasteiger partial charge in [0, 0.05) is 18.2 Å². The van der Waals surface area contributed by atoms with E-state index in [1.807, 2.05) is 22.8 Å². The highest BCUT2D eigenvalue weighted by Crippen LogP contribution is 2.26. The van der Waals surface area contributed by atoms with E-state index in [2.05, 4.69) is 20.2 Å². The fourth-order valence-electron chi connectivity index (χ4n) is 2.87. The molecule has 0 radical (unpaired) electrons. The molecule has 3 heterocycles. The van der Waals surface area contributed by atoms with Crippen molar-refractivity contribution in [2.24, 2.45) is 10.7 Å². The van der Waals surface area contributed by atoms with Crippen LogP contribution in [0.4, 0.5) is 4.39 Å². The van der Waals surface area contributed by atoms with Crippen LogP contribution in [0.15, 0.2) is 47.6 Å². The van der Waals surface area contributed by atoms with Crippen LogP contribution in [-0.2, 0) is 13.0 Å². The zero-order valence-corrected chi connectivity index (χ0v) is 12.9. The van der Waals surface area contributed by atoms with Crippen LogP contribution in [0, 0.1) is 5.82 Å². The molecule has 0 atom stereocenters. The van der Waals surface area contributed by atoms with E-state index in [1.165, 1.54) is 12.1 Å². The molecular weight excluding hydrogens is 307 g/mol. The second kappa shape index (κ2) is 5.93. The first-order valence-electron chi connectivity index (χ1n) is 7.67. The smallest absolute Gasteiger partial charge is 0.159 e. The standard InChI is InChI=1S/C17H15FN6/c18-11-4-5-14-12(9-11)17(13-3-1-2-8-20-13)21-10-16-23-22-15(6-7-19)24(14)16/h1-5,8-9H,6-7,10,19H2. The van der Waals surface area contributed by atoms with Crippen molar-refractivity contribution in [1.82, 2.24) is 19.7 Å². The third kappa shape index (κ3) is 2.39. The van der Waals surface area contributed by atoms with Gasteiger partial charge in [0.25, 0.3) is 0 Å². The Morgan fingerprint density at radius 1 is 1.17 bits per heavy atom. The zero-order chi connectivity index (χ0) is 16.5. The Labute approximate surface area is 137 Å². The molecule has 6 nitrogen and oxygen atoms in total. The van der Waals surface area contributed by atoms with Crippen LogP contribution >= 0.6 is 0 Å². The van der Waals surface area contributed by atoms with Gasteiger partial charge in [-0.15, -0.1) is 10.2 Å². The Morgan fingerprint density at radius 2 is 2.08 bits per heavy atom. The molecule has 1 aliphatic heterocycles. The number of benzene rings is 1. The number of fused-ring (bicyclic) bond motifs is 3. The first-order chi connectivity index (χ1) is 11.8. The maximum absolute atomic E-state index is 13.9. The van der Waals surface area contributed by atoms with E-state index in [1.54, 1.807) is 12.3 Å². The number of aliphatic imine (C=N–C) groups is 1. The molecular formula is C17H15FN6. The van der Waals surface area contributed by atoms with Crippen molar-refractivity contribution in [2.45, 2.75) is 13.0 Å². The molecule has 0 unspecified atom stereocenters. The van der Waals surface area contributed by atoms with Crippen LogP contribution in [-0.4, -0.2) is 32.0 Å². The van der Waals surface area contributed by atoms with E-state index in [-0.39, 0.29) is 5.82 Å². The number of aromatic nitrogens is 4. The van der Waals surface area contributed by atoms with E-state index < -0.39 is 0 Å². The highest BCUT2D eigenvalue weighted by atomic mass is 19.1. The number of halogens is 1. The maximum atomic E-state index is 13.9. The van der Waals surface area contributed by atoms with Crippen molar-refractivity contribution in [3.05, 3.63) is 71.3 Å². The Bertz CT molecular complexity index is 916. The molecule has 4 rings (SSSR count). The molecule has 3 aromatic rings. The average Bonchev–Trinajstić information content (AvgIpc) is 2.92. The van der Waals surface area contributed by atoms with Gasteiger partial charge in [-0.05, 0) is 36.9 Å². The van der Waals surface area contributed by atoms with Crippen LogP contribution in [0.25, 0.3) is 5.69 Å². The van der Waals surface area contributed by atoms with Gasteiger partial charge in [-0.3, -0.25) is 14.5 Å². The Kier molecular flexibility index (Phi) is 3.62. The highest BCUT2D eigenvalue weighted by molar-refractivity contribution is 6.14. The molecule has 1 aromatic carbocycles. The average molecular weight is 322 g/mol. The van der Waals surface area contributed by atoms with Crippen LogP contribution in [0.3, 0.4) is 0 Å².